The normalized spacial score (nSPS) is 21.5. The summed E-state index contributed by atoms with van der Waals surface area (Å²) in [5.74, 6) is 0.371. The van der Waals surface area contributed by atoms with E-state index in [4.69, 9.17) is 10.8 Å². The van der Waals surface area contributed by atoms with Gasteiger partial charge in [0.25, 0.3) is 0 Å². The highest BCUT2D eigenvalue weighted by molar-refractivity contribution is 5.96. The molecule has 2 heterocycles. The van der Waals surface area contributed by atoms with Crippen LogP contribution in [0.4, 0.5) is 13.2 Å². The number of aromatic amines is 1. The molecule has 11 heteroatoms. The van der Waals surface area contributed by atoms with Gasteiger partial charge < -0.3 is 15.3 Å². The smallest absolute Gasteiger partial charge is 0.392 e. The summed E-state index contributed by atoms with van der Waals surface area (Å²) in [5.41, 5.74) is 1.53. The molecule has 5 rings (SSSR count). The van der Waals surface area contributed by atoms with E-state index in [0.717, 1.165) is 50.1 Å². The first-order chi connectivity index (χ1) is 18.6. The van der Waals surface area contributed by atoms with Crippen LogP contribution in [0.2, 0.25) is 0 Å². The molecule has 2 aromatic heterocycles. The van der Waals surface area contributed by atoms with Gasteiger partial charge in [-0.2, -0.15) is 18.3 Å². The first-order valence-electron chi connectivity index (χ1n) is 13.4. The summed E-state index contributed by atoms with van der Waals surface area (Å²) < 4.78 is 41.9. The summed E-state index contributed by atoms with van der Waals surface area (Å²) in [6.07, 6.45) is 1.26. The fourth-order valence-corrected chi connectivity index (χ4v) is 5.85. The lowest BCUT2D eigenvalue weighted by atomic mass is 9.72. The highest BCUT2D eigenvalue weighted by Crippen LogP contribution is 2.42. The van der Waals surface area contributed by atoms with Crippen LogP contribution in [0.1, 0.15) is 74.4 Å². The van der Waals surface area contributed by atoms with Crippen LogP contribution >= 0.6 is 0 Å². The summed E-state index contributed by atoms with van der Waals surface area (Å²) in [6.45, 7) is 1.75. The minimum Gasteiger partial charge on any atom is -0.392 e. The van der Waals surface area contributed by atoms with Crippen LogP contribution in [-0.2, 0) is 6.18 Å². The minimum atomic E-state index is -4.65. The quantitative estimate of drug-likeness (QED) is 0.187. The monoisotopic (exact) mass is 541 g/mol. The second-order valence-corrected chi connectivity index (χ2v) is 10.8. The molecule has 2 fully saturated rings. The molecule has 2 aliphatic carbocycles. The van der Waals surface area contributed by atoms with Crippen LogP contribution in [0.25, 0.3) is 22.2 Å². The molecule has 2 saturated carbocycles. The Morgan fingerprint density at radius 1 is 1.21 bits per heavy atom. The number of pyridine rings is 1. The summed E-state index contributed by atoms with van der Waals surface area (Å²) >= 11 is 0. The van der Waals surface area contributed by atoms with Gasteiger partial charge in [-0.15, -0.1) is 0 Å². The van der Waals surface area contributed by atoms with Gasteiger partial charge in [0, 0.05) is 36.0 Å². The molecule has 0 radical (unpaired) electrons. The SMILES string of the molecule is CC(NC1CCCC1O)c1nc(C(F)(F)F)cc2c(-c3cccc(C(C(=N)N(C)C=N)C4CCC4)c3)n[nH]c12. The summed E-state index contributed by atoms with van der Waals surface area (Å²) in [5, 5.41) is 37.5. The Kier molecular flexibility index (Phi) is 7.47. The van der Waals surface area contributed by atoms with Gasteiger partial charge in [0.1, 0.15) is 17.2 Å². The van der Waals surface area contributed by atoms with Crippen molar-refractivity contribution in [3.05, 3.63) is 47.3 Å². The van der Waals surface area contributed by atoms with Crippen molar-refractivity contribution < 1.29 is 18.3 Å². The zero-order valence-corrected chi connectivity index (χ0v) is 22.0. The van der Waals surface area contributed by atoms with E-state index in [1.807, 2.05) is 24.3 Å². The number of rotatable bonds is 8. The molecule has 0 aliphatic heterocycles. The maximum Gasteiger partial charge on any atom is 0.433 e. The van der Waals surface area contributed by atoms with E-state index in [2.05, 4.69) is 20.5 Å². The molecule has 3 aromatic rings. The predicted octanol–water partition coefficient (Wildman–Crippen LogP) is 5.61. The van der Waals surface area contributed by atoms with Crippen molar-refractivity contribution in [2.75, 3.05) is 7.05 Å². The Morgan fingerprint density at radius 3 is 2.56 bits per heavy atom. The Balaban J connectivity index is 1.57. The number of nitrogens with one attached hydrogen (secondary N) is 4. The Bertz CT molecular complexity index is 1370. The number of fused-ring (bicyclic) bond motifs is 1. The van der Waals surface area contributed by atoms with Gasteiger partial charge in [0.15, 0.2) is 0 Å². The molecule has 1 aromatic carbocycles. The molecular weight excluding hydrogens is 507 g/mol. The number of aromatic nitrogens is 3. The number of aliphatic hydroxyl groups excluding tert-OH is 1. The Labute approximate surface area is 225 Å². The highest BCUT2D eigenvalue weighted by atomic mass is 19.4. The van der Waals surface area contributed by atoms with Gasteiger partial charge in [0.2, 0.25) is 0 Å². The topological polar surface area (TPSA) is 125 Å². The van der Waals surface area contributed by atoms with E-state index >= 15 is 0 Å². The molecule has 39 heavy (non-hydrogen) atoms. The number of nitrogens with zero attached hydrogens (tertiary/aromatic N) is 3. The second kappa shape index (κ2) is 10.7. The van der Waals surface area contributed by atoms with Crippen LogP contribution in [0.3, 0.4) is 0 Å². The number of H-pyrrole nitrogens is 1. The molecule has 4 atom stereocenters. The maximum atomic E-state index is 14.0. The van der Waals surface area contributed by atoms with E-state index < -0.39 is 24.0 Å². The molecule has 0 spiro atoms. The molecule has 8 nitrogen and oxygen atoms in total. The fraction of sp³-hybridized carbons (Fsp3) is 0.500. The molecule has 4 unspecified atom stereocenters. The van der Waals surface area contributed by atoms with Crippen LogP contribution in [0, 0.1) is 16.7 Å². The van der Waals surface area contributed by atoms with Crippen molar-refractivity contribution in [1.29, 1.82) is 10.8 Å². The van der Waals surface area contributed by atoms with Crippen LogP contribution in [0.15, 0.2) is 30.3 Å². The summed E-state index contributed by atoms with van der Waals surface area (Å²) in [7, 11) is 1.68. The molecule has 5 N–H and O–H groups in total. The van der Waals surface area contributed by atoms with Gasteiger partial charge >= 0.3 is 6.18 Å². The van der Waals surface area contributed by atoms with E-state index in [-0.39, 0.29) is 23.6 Å². The lowest BCUT2D eigenvalue weighted by Gasteiger charge is -2.36. The first-order valence-corrected chi connectivity index (χ1v) is 13.4. The summed E-state index contributed by atoms with van der Waals surface area (Å²) in [4.78, 5) is 5.48. The molecule has 208 valence electrons. The van der Waals surface area contributed by atoms with Gasteiger partial charge in [-0.05, 0) is 62.6 Å². The Hall–Kier alpha value is -3.31. The van der Waals surface area contributed by atoms with Crippen molar-refractivity contribution in [3.8, 4) is 11.3 Å². The third kappa shape index (κ3) is 5.29. The first kappa shape index (κ1) is 27.3. The number of alkyl halides is 3. The molecular formula is C28H34F3N7O. The van der Waals surface area contributed by atoms with Crippen LogP contribution in [-0.4, -0.2) is 56.6 Å². The average Bonchev–Trinajstić information content (AvgIpc) is 3.50. The lowest BCUT2D eigenvalue weighted by Crippen LogP contribution is -2.37. The minimum absolute atomic E-state index is 0.204. The van der Waals surface area contributed by atoms with Crippen molar-refractivity contribution in [2.24, 2.45) is 5.92 Å². The molecule has 0 saturated heterocycles. The number of aliphatic hydroxyl groups is 1. The van der Waals surface area contributed by atoms with Gasteiger partial charge in [-0.1, -0.05) is 24.6 Å². The number of benzene rings is 1. The van der Waals surface area contributed by atoms with Crippen molar-refractivity contribution in [1.82, 2.24) is 25.4 Å². The number of halogens is 3. The third-order valence-corrected chi connectivity index (χ3v) is 8.23. The predicted molar refractivity (Wildman–Crippen MR) is 144 cm³/mol. The average molecular weight is 542 g/mol. The van der Waals surface area contributed by atoms with E-state index in [1.165, 1.54) is 4.90 Å². The number of amidine groups is 1. The zero-order valence-electron chi connectivity index (χ0n) is 22.0. The maximum absolute atomic E-state index is 14.0. The molecule has 0 amide bonds. The van der Waals surface area contributed by atoms with Crippen molar-refractivity contribution in [2.45, 2.75) is 75.7 Å². The Morgan fingerprint density at radius 2 is 1.95 bits per heavy atom. The highest BCUT2D eigenvalue weighted by Gasteiger charge is 2.36. The molecule has 0 bridgehead atoms. The van der Waals surface area contributed by atoms with Gasteiger partial charge in [-0.25, -0.2) is 4.98 Å². The zero-order chi connectivity index (χ0) is 27.9. The number of hydrogen-bond donors (Lipinski definition) is 5. The van der Waals surface area contributed by atoms with Crippen LogP contribution in [0.5, 0.6) is 0 Å². The van der Waals surface area contributed by atoms with Crippen LogP contribution < -0.4 is 5.32 Å². The largest absolute Gasteiger partial charge is 0.433 e. The standard InChI is InChI=1S/C28H34F3N7O/c1-15(34-20-10-5-11-21(20)39)24-26-19(13-22(35-24)28(29,30)31)25(36-37-26)18-9-4-8-17(12-18)23(16-6-3-7-16)27(33)38(2)14-32/h4,8-9,12-16,20-21,23,32-34,39H,3,5-7,10-11H2,1-2H3,(H,36,37). The lowest BCUT2D eigenvalue weighted by molar-refractivity contribution is -0.141. The van der Waals surface area contributed by atoms with Crippen molar-refractivity contribution in [3.63, 3.8) is 0 Å². The van der Waals surface area contributed by atoms with E-state index in [0.29, 0.717) is 34.4 Å². The third-order valence-electron chi connectivity index (χ3n) is 8.23. The number of hydrogen-bond acceptors (Lipinski definition) is 6. The van der Waals surface area contributed by atoms with Gasteiger partial charge in [0.05, 0.1) is 23.7 Å². The summed E-state index contributed by atoms with van der Waals surface area (Å²) in [6, 6.07) is 7.76. The fourth-order valence-electron chi connectivity index (χ4n) is 5.85. The van der Waals surface area contributed by atoms with E-state index in [9.17, 15) is 18.3 Å². The second-order valence-electron chi connectivity index (χ2n) is 10.8. The van der Waals surface area contributed by atoms with Crippen molar-refractivity contribution >= 4 is 23.1 Å². The van der Waals surface area contributed by atoms with Gasteiger partial charge in [-0.3, -0.25) is 15.9 Å². The molecule has 2 aliphatic rings. The van der Waals surface area contributed by atoms with E-state index in [1.54, 1.807) is 14.0 Å². The number of likely N-dealkylation sites (N-methyl/N-ethyl adjacent to an activating group) is 1.